The number of hydrogen-bond donors (Lipinski definition) is 1. The van der Waals surface area contributed by atoms with E-state index < -0.39 is 5.91 Å². The van der Waals surface area contributed by atoms with Gasteiger partial charge in [0, 0.05) is 26.4 Å². The first-order chi connectivity index (χ1) is 9.69. The second-order valence-corrected chi connectivity index (χ2v) is 4.90. The topological polar surface area (TPSA) is 85.8 Å². The van der Waals surface area contributed by atoms with Gasteiger partial charge in [0.2, 0.25) is 0 Å². The van der Waals surface area contributed by atoms with Gasteiger partial charge in [0.15, 0.2) is 5.65 Å². The van der Waals surface area contributed by atoms with Crippen molar-refractivity contribution in [2.24, 2.45) is 5.73 Å². The van der Waals surface area contributed by atoms with Crippen molar-refractivity contribution in [2.75, 3.05) is 25.1 Å². The maximum absolute atomic E-state index is 11.3. The zero-order valence-electron chi connectivity index (χ0n) is 11.3. The van der Waals surface area contributed by atoms with Crippen LogP contribution in [0.15, 0.2) is 18.5 Å². The average molecular weight is 275 g/mol. The number of carbonyl (C=O) groups is 1. The quantitative estimate of drug-likeness (QED) is 0.878. The van der Waals surface area contributed by atoms with Crippen molar-refractivity contribution >= 4 is 17.4 Å². The number of anilines is 1. The number of fused-ring (bicyclic) bond motifs is 1. The van der Waals surface area contributed by atoms with Gasteiger partial charge in [0.25, 0.3) is 5.91 Å². The van der Waals surface area contributed by atoms with Crippen LogP contribution in [0.3, 0.4) is 0 Å². The van der Waals surface area contributed by atoms with E-state index in [9.17, 15) is 4.79 Å². The minimum absolute atomic E-state index is 0.325. The van der Waals surface area contributed by atoms with Gasteiger partial charge in [-0.3, -0.25) is 4.79 Å². The van der Waals surface area contributed by atoms with Crippen molar-refractivity contribution in [1.29, 1.82) is 0 Å². The van der Waals surface area contributed by atoms with E-state index in [1.807, 2.05) is 6.07 Å². The molecule has 0 saturated carbocycles. The number of methoxy groups -OCH3 is 1. The van der Waals surface area contributed by atoms with Crippen LogP contribution >= 0.6 is 0 Å². The SMILES string of the molecule is COC1CCN(c2ccn3ncc(C(N)=O)c3n2)CC1. The van der Waals surface area contributed by atoms with E-state index in [4.69, 9.17) is 10.5 Å². The largest absolute Gasteiger partial charge is 0.381 e. The van der Waals surface area contributed by atoms with Crippen molar-refractivity contribution in [3.8, 4) is 0 Å². The number of primary amides is 1. The summed E-state index contributed by atoms with van der Waals surface area (Å²) in [7, 11) is 1.75. The minimum atomic E-state index is -0.511. The van der Waals surface area contributed by atoms with Crippen molar-refractivity contribution in [3.63, 3.8) is 0 Å². The molecule has 20 heavy (non-hydrogen) atoms. The Labute approximate surface area is 116 Å². The molecule has 0 aromatic carbocycles. The highest BCUT2D eigenvalue weighted by Crippen LogP contribution is 2.20. The Bertz CT molecular complexity index is 631. The van der Waals surface area contributed by atoms with Crippen LogP contribution in [0, 0.1) is 0 Å². The van der Waals surface area contributed by atoms with E-state index in [1.165, 1.54) is 6.20 Å². The highest BCUT2D eigenvalue weighted by atomic mass is 16.5. The normalized spacial score (nSPS) is 16.8. The summed E-state index contributed by atoms with van der Waals surface area (Å²) >= 11 is 0. The van der Waals surface area contributed by atoms with E-state index in [2.05, 4.69) is 15.0 Å². The van der Waals surface area contributed by atoms with Gasteiger partial charge in [-0.1, -0.05) is 0 Å². The summed E-state index contributed by atoms with van der Waals surface area (Å²) in [5.74, 6) is 0.331. The lowest BCUT2D eigenvalue weighted by Crippen LogP contribution is -2.37. The zero-order chi connectivity index (χ0) is 14.1. The van der Waals surface area contributed by atoms with Gasteiger partial charge in [-0.25, -0.2) is 9.50 Å². The van der Waals surface area contributed by atoms with Gasteiger partial charge in [-0.15, -0.1) is 0 Å². The van der Waals surface area contributed by atoms with Crippen LogP contribution in [0.4, 0.5) is 5.82 Å². The van der Waals surface area contributed by atoms with Gasteiger partial charge < -0.3 is 15.4 Å². The predicted molar refractivity (Wildman–Crippen MR) is 73.7 cm³/mol. The molecule has 0 bridgehead atoms. The van der Waals surface area contributed by atoms with E-state index >= 15 is 0 Å². The first-order valence-corrected chi connectivity index (χ1v) is 6.61. The maximum Gasteiger partial charge on any atom is 0.254 e. The molecule has 0 spiro atoms. The van der Waals surface area contributed by atoms with Gasteiger partial charge in [-0.2, -0.15) is 5.10 Å². The van der Waals surface area contributed by atoms with Crippen molar-refractivity contribution in [3.05, 3.63) is 24.0 Å². The number of piperidine rings is 1. The molecule has 1 saturated heterocycles. The number of nitrogens with two attached hydrogens (primary N) is 1. The first-order valence-electron chi connectivity index (χ1n) is 6.61. The van der Waals surface area contributed by atoms with Gasteiger partial charge in [-0.05, 0) is 18.9 Å². The van der Waals surface area contributed by atoms with E-state index in [-0.39, 0.29) is 0 Å². The molecule has 106 valence electrons. The Morgan fingerprint density at radius 2 is 2.20 bits per heavy atom. The van der Waals surface area contributed by atoms with E-state index in [0.29, 0.717) is 17.3 Å². The minimum Gasteiger partial charge on any atom is -0.381 e. The molecule has 2 aromatic rings. The molecule has 3 heterocycles. The number of aromatic nitrogens is 3. The Morgan fingerprint density at radius 3 is 2.85 bits per heavy atom. The summed E-state index contributed by atoms with van der Waals surface area (Å²) in [5.41, 5.74) is 6.18. The molecular formula is C13H17N5O2. The molecule has 7 heteroatoms. The fraction of sp³-hybridized carbons (Fsp3) is 0.462. The molecule has 3 rings (SSSR count). The highest BCUT2D eigenvalue weighted by molar-refractivity contribution is 5.98. The third kappa shape index (κ3) is 2.20. The predicted octanol–water partition coefficient (Wildman–Crippen LogP) is 0.443. The Balaban J connectivity index is 1.89. The molecule has 7 nitrogen and oxygen atoms in total. The summed E-state index contributed by atoms with van der Waals surface area (Å²) < 4.78 is 6.92. The molecular weight excluding hydrogens is 258 g/mol. The lowest BCUT2D eigenvalue weighted by Gasteiger charge is -2.32. The highest BCUT2D eigenvalue weighted by Gasteiger charge is 2.20. The summed E-state index contributed by atoms with van der Waals surface area (Å²) in [6, 6.07) is 1.90. The number of ether oxygens (including phenoxy) is 1. The molecule has 0 atom stereocenters. The summed E-state index contributed by atoms with van der Waals surface area (Å²) in [6.07, 6.45) is 5.53. The molecule has 0 unspecified atom stereocenters. The lowest BCUT2D eigenvalue weighted by molar-refractivity contribution is 0.0818. The van der Waals surface area contributed by atoms with Crippen LogP contribution < -0.4 is 10.6 Å². The first kappa shape index (κ1) is 12.9. The van der Waals surface area contributed by atoms with E-state index in [1.54, 1.807) is 17.8 Å². The van der Waals surface area contributed by atoms with Crippen LogP contribution in [0.2, 0.25) is 0 Å². The van der Waals surface area contributed by atoms with Crippen LogP contribution in [0.5, 0.6) is 0 Å². The van der Waals surface area contributed by atoms with Crippen LogP contribution in [0.25, 0.3) is 5.65 Å². The summed E-state index contributed by atoms with van der Waals surface area (Å²) in [5, 5.41) is 4.07. The Hall–Kier alpha value is -2.15. The van der Waals surface area contributed by atoms with Crippen molar-refractivity contribution in [2.45, 2.75) is 18.9 Å². The van der Waals surface area contributed by atoms with Crippen molar-refractivity contribution in [1.82, 2.24) is 14.6 Å². The molecule has 2 N–H and O–H groups in total. The summed E-state index contributed by atoms with van der Waals surface area (Å²) in [4.78, 5) is 18.0. The van der Waals surface area contributed by atoms with Gasteiger partial charge >= 0.3 is 0 Å². The second-order valence-electron chi connectivity index (χ2n) is 4.90. The third-order valence-electron chi connectivity index (χ3n) is 3.72. The fourth-order valence-electron chi connectivity index (χ4n) is 2.53. The van der Waals surface area contributed by atoms with Crippen molar-refractivity contribution < 1.29 is 9.53 Å². The van der Waals surface area contributed by atoms with Crippen LogP contribution in [-0.2, 0) is 4.74 Å². The second kappa shape index (κ2) is 5.09. The van der Waals surface area contributed by atoms with E-state index in [0.717, 1.165) is 31.7 Å². The fourth-order valence-corrected chi connectivity index (χ4v) is 2.53. The summed E-state index contributed by atoms with van der Waals surface area (Å²) in [6.45, 7) is 1.78. The molecule has 1 aliphatic heterocycles. The number of rotatable bonds is 3. The zero-order valence-corrected chi connectivity index (χ0v) is 11.3. The molecule has 2 aromatic heterocycles. The lowest BCUT2D eigenvalue weighted by atomic mass is 10.1. The molecule has 1 amide bonds. The van der Waals surface area contributed by atoms with Crippen LogP contribution in [0.1, 0.15) is 23.2 Å². The number of amides is 1. The van der Waals surface area contributed by atoms with Gasteiger partial charge in [0.05, 0.1) is 12.3 Å². The average Bonchev–Trinajstić information content (AvgIpc) is 2.90. The van der Waals surface area contributed by atoms with Gasteiger partial charge in [0.1, 0.15) is 11.4 Å². The Morgan fingerprint density at radius 1 is 1.45 bits per heavy atom. The molecule has 0 radical (unpaired) electrons. The molecule has 1 aliphatic rings. The smallest absolute Gasteiger partial charge is 0.254 e. The number of nitrogens with zero attached hydrogens (tertiary/aromatic N) is 4. The van der Waals surface area contributed by atoms with Crippen LogP contribution in [-0.4, -0.2) is 46.8 Å². The molecule has 1 fully saturated rings. The third-order valence-corrected chi connectivity index (χ3v) is 3.72. The Kier molecular flexibility index (Phi) is 3.27. The maximum atomic E-state index is 11.3. The standard InChI is InChI=1S/C13H17N5O2/c1-20-9-2-5-17(6-3-9)11-4-7-18-13(16-11)10(8-15-18)12(14)19/h4,7-9H,2-3,5-6H2,1H3,(H2,14,19). The number of carbonyl (C=O) groups excluding carboxylic acids is 1. The number of hydrogen-bond acceptors (Lipinski definition) is 5. The molecule has 0 aliphatic carbocycles. The monoisotopic (exact) mass is 275 g/mol.